The van der Waals surface area contributed by atoms with Gasteiger partial charge in [0.25, 0.3) is 0 Å². The molecule has 0 unspecified atom stereocenters. The van der Waals surface area contributed by atoms with Gasteiger partial charge >= 0.3 is 12.2 Å². The first-order valence-corrected chi connectivity index (χ1v) is 14.7. The van der Waals surface area contributed by atoms with Crippen molar-refractivity contribution < 1.29 is 28.5 Å². The lowest BCUT2D eigenvalue weighted by atomic mass is 9.90. The number of hydrogen-bond donors (Lipinski definition) is 1. The highest BCUT2D eigenvalue weighted by Gasteiger charge is 2.36. The highest BCUT2D eigenvalue weighted by Crippen LogP contribution is 2.43. The van der Waals surface area contributed by atoms with Crippen molar-refractivity contribution in [3.05, 3.63) is 76.9 Å². The Bertz CT molecular complexity index is 1730. The Morgan fingerprint density at radius 3 is 2.53 bits per heavy atom. The van der Waals surface area contributed by atoms with E-state index < -0.39 is 12.2 Å². The minimum absolute atomic E-state index is 0.260. The predicted molar refractivity (Wildman–Crippen MR) is 169 cm³/mol. The average Bonchev–Trinajstić information content (AvgIpc) is 3.53. The summed E-state index contributed by atoms with van der Waals surface area (Å²) in [5.41, 5.74) is 3.53. The third kappa shape index (κ3) is 6.34. The summed E-state index contributed by atoms with van der Waals surface area (Å²) in [6.07, 6.45) is 6.49. The summed E-state index contributed by atoms with van der Waals surface area (Å²) in [5, 5.41) is 18.4. The second-order valence-electron chi connectivity index (χ2n) is 10.5. The number of pyridine rings is 1. The molecule has 3 aromatic rings. The minimum atomic E-state index is -0.653. The summed E-state index contributed by atoms with van der Waals surface area (Å²) in [4.78, 5) is 29.8. The fourth-order valence-electron chi connectivity index (χ4n) is 5.22. The number of nitriles is 1. The van der Waals surface area contributed by atoms with Crippen LogP contribution in [-0.4, -0.2) is 66.2 Å². The third-order valence-corrected chi connectivity index (χ3v) is 7.75. The Kier molecular flexibility index (Phi) is 9.39. The molecule has 5 rings (SSSR count). The Hall–Kier alpha value is -5.28. The Morgan fingerprint density at radius 2 is 1.84 bits per heavy atom. The molecule has 0 aliphatic carbocycles. The van der Waals surface area contributed by atoms with E-state index in [0.29, 0.717) is 83.8 Å². The smallest absolute Gasteiger partial charge is 0.425 e. The maximum atomic E-state index is 13.9. The van der Waals surface area contributed by atoms with Crippen LogP contribution < -0.4 is 15.0 Å². The molecule has 2 aliphatic rings. The molecular formula is C33H36N6O6. The van der Waals surface area contributed by atoms with Crippen LogP contribution in [0.2, 0.25) is 0 Å². The SMILES string of the molecule is C/C=C(\C)OC(=O)N1CCC2=Cc3c(c(C#N)c4ccnn4c3N(C(=O)O/C(C)=C/C)c3ccc(OCCOC)cc3)N[C@H]2C1. The molecule has 45 heavy (non-hydrogen) atoms. The second kappa shape index (κ2) is 13.6. The zero-order valence-corrected chi connectivity index (χ0v) is 26.0. The number of nitrogens with zero attached hydrogens (tertiary/aromatic N) is 5. The molecule has 1 N–H and O–H groups in total. The zero-order valence-electron chi connectivity index (χ0n) is 26.0. The number of benzene rings is 1. The van der Waals surface area contributed by atoms with Crippen molar-refractivity contribution in [3.63, 3.8) is 0 Å². The maximum Gasteiger partial charge on any atom is 0.425 e. The highest BCUT2D eigenvalue weighted by molar-refractivity contribution is 6.02. The van der Waals surface area contributed by atoms with Crippen molar-refractivity contribution in [3.8, 4) is 11.8 Å². The number of carbonyl (C=O) groups excluding carboxylic acids is 2. The van der Waals surface area contributed by atoms with Gasteiger partial charge in [-0.3, -0.25) is 0 Å². The highest BCUT2D eigenvalue weighted by atomic mass is 16.6. The summed E-state index contributed by atoms with van der Waals surface area (Å²) < 4.78 is 23.6. The lowest BCUT2D eigenvalue weighted by Gasteiger charge is -2.39. The normalized spacial score (nSPS) is 16.1. The van der Waals surface area contributed by atoms with Gasteiger partial charge in [-0.15, -0.1) is 0 Å². The molecule has 2 aromatic heterocycles. The summed E-state index contributed by atoms with van der Waals surface area (Å²) in [5.74, 6) is 1.96. The monoisotopic (exact) mass is 612 g/mol. The van der Waals surface area contributed by atoms with Gasteiger partial charge in [0.15, 0.2) is 5.82 Å². The van der Waals surface area contributed by atoms with Gasteiger partial charge in [-0.25, -0.2) is 19.0 Å². The van der Waals surface area contributed by atoms with Gasteiger partial charge in [0.2, 0.25) is 0 Å². The van der Waals surface area contributed by atoms with Crippen LogP contribution in [0.15, 0.2) is 65.8 Å². The van der Waals surface area contributed by atoms with Gasteiger partial charge in [0.05, 0.1) is 35.7 Å². The molecule has 1 saturated heterocycles. The predicted octanol–water partition coefficient (Wildman–Crippen LogP) is 6.37. The van der Waals surface area contributed by atoms with Crippen molar-refractivity contribution >= 4 is 41.0 Å². The van der Waals surface area contributed by atoms with E-state index >= 15 is 0 Å². The van der Waals surface area contributed by atoms with Crippen LogP contribution in [0.4, 0.5) is 26.8 Å². The lowest BCUT2D eigenvalue weighted by molar-refractivity contribution is 0.123. The zero-order chi connectivity index (χ0) is 32.1. The molecule has 4 heterocycles. The number of carbonyl (C=O) groups is 2. The van der Waals surface area contributed by atoms with Crippen LogP contribution in [0.1, 0.15) is 45.2 Å². The number of nitrogens with one attached hydrogen (secondary N) is 1. The maximum absolute atomic E-state index is 13.9. The van der Waals surface area contributed by atoms with E-state index in [2.05, 4.69) is 16.5 Å². The van der Waals surface area contributed by atoms with Gasteiger partial charge in [0.1, 0.15) is 35.5 Å². The molecule has 12 nitrogen and oxygen atoms in total. The molecule has 12 heteroatoms. The summed E-state index contributed by atoms with van der Waals surface area (Å²) >= 11 is 0. The summed E-state index contributed by atoms with van der Waals surface area (Å²) in [6, 6.07) is 10.8. The summed E-state index contributed by atoms with van der Waals surface area (Å²) in [7, 11) is 1.60. The van der Waals surface area contributed by atoms with Crippen molar-refractivity contribution in [2.45, 2.75) is 40.2 Å². The number of hydrogen-bond acceptors (Lipinski definition) is 9. The third-order valence-electron chi connectivity index (χ3n) is 7.75. The molecule has 1 fully saturated rings. The molecule has 1 atom stereocenters. The van der Waals surface area contributed by atoms with Gasteiger partial charge in [0, 0.05) is 25.8 Å². The first-order chi connectivity index (χ1) is 21.8. The Morgan fingerprint density at radius 1 is 1.11 bits per heavy atom. The average molecular weight is 613 g/mol. The number of aromatic nitrogens is 2. The number of piperidine rings is 1. The van der Waals surface area contributed by atoms with E-state index in [9.17, 15) is 14.9 Å². The van der Waals surface area contributed by atoms with Crippen molar-refractivity contribution in [2.24, 2.45) is 0 Å². The minimum Gasteiger partial charge on any atom is -0.491 e. The van der Waals surface area contributed by atoms with Gasteiger partial charge in [-0.05, 0) is 88.2 Å². The molecule has 234 valence electrons. The molecule has 2 amide bonds. The number of rotatable bonds is 8. The first kappa shape index (κ1) is 31.2. The number of anilines is 3. The van der Waals surface area contributed by atoms with Crippen LogP contribution >= 0.6 is 0 Å². The molecule has 0 saturated carbocycles. The van der Waals surface area contributed by atoms with Crippen LogP contribution in [0.3, 0.4) is 0 Å². The second-order valence-corrected chi connectivity index (χ2v) is 10.5. The van der Waals surface area contributed by atoms with E-state index in [1.165, 1.54) is 4.90 Å². The Labute approximate surface area is 261 Å². The van der Waals surface area contributed by atoms with Gasteiger partial charge < -0.3 is 29.2 Å². The summed E-state index contributed by atoms with van der Waals surface area (Å²) in [6.45, 7) is 8.64. The van der Waals surface area contributed by atoms with Crippen molar-refractivity contribution in [1.82, 2.24) is 14.5 Å². The number of likely N-dealkylation sites (tertiary alicyclic amines) is 1. The fraction of sp³-hybridized carbons (Fsp3) is 0.333. The van der Waals surface area contributed by atoms with Crippen molar-refractivity contribution in [1.29, 1.82) is 5.26 Å². The van der Waals surface area contributed by atoms with Crippen molar-refractivity contribution in [2.75, 3.05) is 43.6 Å². The van der Waals surface area contributed by atoms with E-state index in [0.717, 1.165) is 5.57 Å². The number of fused-ring (bicyclic) bond motifs is 3. The number of amides is 2. The Balaban J connectivity index is 1.62. The number of allylic oxidation sites excluding steroid dienone is 4. The molecule has 2 aliphatic heterocycles. The number of ether oxygens (including phenoxy) is 4. The topological polar surface area (TPSA) is 131 Å². The van der Waals surface area contributed by atoms with E-state index in [4.69, 9.17) is 18.9 Å². The first-order valence-electron chi connectivity index (χ1n) is 14.7. The standard InChI is InChI=1S/C33H36N6O6/c1-6-21(3)44-32(40)37-15-13-23-18-26-30(36-28(23)20-37)27(19-34)29-12-14-35-39(29)31(26)38(33(41)45-22(4)7-2)24-8-10-25(11-9-24)43-17-16-42-5/h6-12,14,18,28,36H,13,15-17,20H2,1-5H3/b21-6+,22-7+/t28-/m0/s1. The van der Waals surface area contributed by atoms with E-state index in [1.54, 1.807) is 86.0 Å². The molecule has 0 spiro atoms. The molecule has 0 bridgehead atoms. The van der Waals surface area contributed by atoms with Crippen LogP contribution in [0, 0.1) is 11.3 Å². The van der Waals surface area contributed by atoms with E-state index in [-0.39, 0.29) is 6.04 Å². The largest absolute Gasteiger partial charge is 0.491 e. The van der Waals surface area contributed by atoms with Gasteiger partial charge in [-0.1, -0.05) is 0 Å². The fourth-order valence-corrected chi connectivity index (χ4v) is 5.22. The molecular weight excluding hydrogens is 576 g/mol. The van der Waals surface area contributed by atoms with Crippen LogP contribution in [0.25, 0.3) is 11.6 Å². The molecule has 0 radical (unpaired) electrons. The molecule has 1 aromatic carbocycles. The van der Waals surface area contributed by atoms with Crippen LogP contribution in [-0.2, 0) is 14.2 Å². The lowest BCUT2D eigenvalue weighted by Crippen LogP contribution is -2.47. The quantitative estimate of drug-likeness (QED) is 0.228. The van der Waals surface area contributed by atoms with Gasteiger partial charge in [-0.2, -0.15) is 10.4 Å². The number of methoxy groups -OCH3 is 1. The van der Waals surface area contributed by atoms with Crippen LogP contribution in [0.5, 0.6) is 5.75 Å². The van der Waals surface area contributed by atoms with E-state index in [1.807, 2.05) is 13.0 Å².